The second-order valence-corrected chi connectivity index (χ2v) is 10.6. The van der Waals surface area contributed by atoms with Crippen LogP contribution in [0.25, 0.3) is 0 Å². The second kappa shape index (κ2) is 16.1. The van der Waals surface area contributed by atoms with Gasteiger partial charge in [-0.3, -0.25) is 9.59 Å². The Bertz CT molecular complexity index is 1290. The molecule has 4 N–H and O–H groups in total. The van der Waals surface area contributed by atoms with Crippen molar-refractivity contribution in [2.45, 2.75) is 64.8 Å². The number of benzene rings is 2. The Morgan fingerprint density at radius 3 is 2.09 bits per heavy atom. The molecule has 0 aromatic heterocycles. The molecule has 43 heavy (non-hydrogen) atoms. The van der Waals surface area contributed by atoms with Crippen LogP contribution < -0.4 is 16.0 Å². The number of aliphatic carboxylic acids is 1. The molecule has 2 aromatic rings. The third-order valence-corrected chi connectivity index (χ3v) is 7.10. The number of carbonyl (C=O) groups excluding carboxylic acids is 4. The summed E-state index contributed by atoms with van der Waals surface area (Å²) in [4.78, 5) is 63.5. The topological polar surface area (TPSA) is 160 Å². The molecular formula is C32H39N3O8. The summed E-state index contributed by atoms with van der Waals surface area (Å²) in [7, 11) is 0. The molecule has 0 saturated heterocycles. The molecule has 3 atom stereocenters. The van der Waals surface area contributed by atoms with Gasteiger partial charge < -0.3 is 30.5 Å². The number of hydrogen-bond donors (Lipinski definition) is 4. The number of hydrogen-bond acceptors (Lipinski definition) is 7. The van der Waals surface area contributed by atoms with E-state index in [2.05, 4.69) is 16.0 Å². The first-order valence-corrected chi connectivity index (χ1v) is 14.3. The predicted molar refractivity (Wildman–Crippen MR) is 158 cm³/mol. The summed E-state index contributed by atoms with van der Waals surface area (Å²) in [6, 6.07) is 13.2. The predicted octanol–water partition coefficient (Wildman–Crippen LogP) is 2.92. The minimum Gasteiger partial charge on any atom is -0.480 e. The van der Waals surface area contributed by atoms with Crippen LogP contribution in [-0.2, 0) is 48.1 Å². The molecule has 2 aromatic carbocycles. The molecular weight excluding hydrogens is 554 g/mol. The molecule has 230 valence electrons. The van der Waals surface area contributed by atoms with Crippen LogP contribution in [0.3, 0.4) is 0 Å². The third-order valence-electron chi connectivity index (χ3n) is 7.10. The number of carboxylic acid groups (broad SMARTS) is 1. The molecule has 0 heterocycles. The van der Waals surface area contributed by atoms with Crippen molar-refractivity contribution in [1.82, 2.24) is 16.0 Å². The van der Waals surface area contributed by atoms with Crippen molar-refractivity contribution in [2.75, 3.05) is 6.61 Å². The van der Waals surface area contributed by atoms with E-state index in [1.165, 1.54) is 6.08 Å². The summed E-state index contributed by atoms with van der Waals surface area (Å²) in [5.41, 5.74) is 2.82. The number of alkyl carbamates (subject to hydrolysis) is 1. The highest BCUT2D eigenvalue weighted by Gasteiger charge is 2.38. The zero-order valence-electron chi connectivity index (χ0n) is 24.6. The SMILES string of the molecule is CCOC(=O)C=CCC(NC(=O)OCc1ccccc1)C(=O)NC(C(=O)NC(C(=O)O)C(C)C)C1Cc2ccccc2C1. The Labute approximate surface area is 251 Å². The lowest BCUT2D eigenvalue weighted by Crippen LogP contribution is -2.58. The van der Waals surface area contributed by atoms with Crippen LogP contribution in [-0.4, -0.2) is 59.7 Å². The largest absolute Gasteiger partial charge is 0.480 e. The second-order valence-electron chi connectivity index (χ2n) is 10.6. The van der Waals surface area contributed by atoms with Gasteiger partial charge in [0.15, 0.2) is 0 Å². The number of ether oxygens (including phenoxy) is 2. The fourth-order valence-electron chi connectivity index (χ4n) is 4.87. The average molecular weight is 594 g/mol. The third kappa shape index (κ3) is 9.98. The van der Waals surface area contributed by atoms with Gasteiger partial charge in [-0.15, -0.1) is 0 Å². The molecule has 0 radical (unpaired) electrons. The van der Waals surface area contributed by atoms with Crippen molar-refractivity contribution in [3.63, 3.8) is 0 Å². The highest BCUT2D eigenvalue weighted by atomic mass is 16.5. The zero-order valence-corrected chi connectivity index (χ0v) is 24.6. The first-order chi connectivity index (χ1) is 20.6. The minimum atomic E-state index is -1.21. The normalized spacial score (nSPS) is 14.8. The molecule has 0 saturated carbocycles. The lowest BCUT2D eigenvalue weighted by molar-refractivity contribution is -0.144. The van der Waals surface area contributed by atoms with E-state index in [0.717, 1.165) is 22.8 Å². The van der Waals surface area contributed by atoms with Gasteiger partial charge in [0.05, 0.1) is 6.61 Å². The summed E-state index contributed by atoms with van der Waals surface area (Å²) >= 11 is 0. The summed E-state index contributed by atoms with van der Waals surface area (Å²) < 4.78 is 10.2. The van der Waals surface area contributed by atoms with Crippen molar-refractivity contribution in [3.8, 4) is 0 Å². The smallest absolute Gasteiger partial charge is 0.408 e. The first-order valence-electron chi connectivity index (χ1n) is 14.3. The number of nitrogens with one attached hydrogen (secondary N) is 3. The van der Waals surface area contributed by atoms with E-state index >= 15 is 0 Å². The number of amides is 3. The maximum atomic E-state index is 13.6. The summed E-state index contributed by atoms with van der Waals surface area (Å²) in [6.07, 6.45) is 2.56. The van der Waals surface area contributed by atoms with E-state index in [9.17, 15) is 29.1 Å². The number of fused-ring (bicyclic) bond motifs is 1. The maximum Gasteiger partial charge on any atom is 0.408 e. The van der Waals surface area contributed by atoms with E-state index in [1.54, 1.807) is 45.0 Å². The van der Waals surface area contributed by atoms with Gasteiger partial charge in [0.1, 0.15) is 24.7 Å². The molecule has 0 fully saturated rings. The van der Waals surface area contributed by atoms with Gasteiger partial charge in [-0.25, -0.2) is 14.4 Å². The van der Waals surface area contributed by atoms with Crippen molar-refractivity contribution in [1.29, 1.82) is 0 Å². The fourth-order valence-corrected chi connectivity index (χ4v) is 4.87. The van der Waals surface area contributed by atoms with Crippen LogP contribution in [0.5, 0.6) is 0 Å². The van der Waals surface area contributed by atoms with Gasteiger partial charge in [-0.05, 0) is 54.7 Å². The van der Waals surface area contributed by atoms with Gasteiger partial charge in [-0.2, -0.15) is 0 Å². The summed E-state index contributed by atoms with van der Waals surface area (Å²) in [5.74, 6) is -3.89. The lowest BCUT2D eigenvalue weighted by atomic mass is 9.94. The lowest BCUT2D eigenvalue weighted by Gasteiger charge is -2.28. The first kappa shape index (κ1) is 32.8. The van der Waals surface area contributed by atoms with E-state index in [4.69, 9.17) is 9.47 Å². The molecule has 0 spiro atoms. The van der Waals surface area contributed by atoms with Crippen LogP contribution in [0, 0.1) is 11.8 Å². The van der Waals surface area contributed by atoms with E-state index in [0.29, 0.717) is 12.8 Å². The van der Waals surface area contributed by atoms with Gasteiger partial charge in [-0.1, -0.05) is 74.5 Å². The number of esters is 1. The molecule has 11 nitrogen and oxygen atoms in total. The summed E-state index contributed by atoms with van der Waals surface area (Å²) in [6.45, 7) is 5.15. The molecule has 1 aliphatic rings. The molecule has 3 amide bonds. The Morgan fingerprint density at radius 1 is 0.884 bits per heavy atom. The van der Waals surface area contributed by atoms with Crippen LogP contribution in [0.1, 0.15) is 43.9 Å². The van der Waals surface area contributed by atoms with Gasteiger partial charge in [0.25, 0.3) is 0 Å². The van der Waals surface area contributed by atoms with Crippen molar-refractivity contribution < 1.29 is 38.6 Å². The van der Waals surface area contributed by atoms with E-state index in [1.807, 2.05) is 30.3 Å². The molecule has 3 rings (SSSR count). The van der Waals surface area contributed by atoms with Crippen LogP contribution >= 0.6 is 0 Å². The highest BCUT2D eigenvalue weighted by Crippen LogP contribution is 2.29. The molecule has 1 aliphatic carbocycles. The fraction of sp³-hybridized carbons (Fsp3) is 0.406. The van der Waals surface area contributed by atoms with Gasteiger partial charge in [0, 0.05) is 6.08 Å². The van der Waals surface area contributed by atoms with Crippen molar-refractivity contribution in [2.24, 2.45) is 11.8 Å². The Kier molecular flexibility index (Phi) is 12.3. The molecule has 3 unspecified atom stereocenters. The number of carbonyl (C=O) groups is 5. The number of rotatable bonds is 14. The van der Waals surface area contributed by atoms with Crippen LogP contribution in [0.2, 0.25) is 0 Å². The molecule has 0 aliphatic heterocycles. The Hall–Kier alpha value is -4.67. The Morgan fingerprint density at radius 2 is 1.51 bits per heavy atom. The molecule has 11 heteroatoms. The average Bonchev–Trinajstić information content (AvgIpc) is 3.41. The van der Waals surface area contributed by atoms with Gasteiger partial charge in [0.2, 0.25) is 11.8 Å². The van der Waals surface area contributed by atoms with E-state index < -0.39 is 53.9 Å². The zero-order chi connectivity index (χ0) is 31.4. The van der Waals surface area contributed by atoms with Crippen molar-refractivity contribution in [3.05, 3.63) is 83.4 Å². The Balaban J connectivity index is 1.80. The van der Waals surface area contributed by atoms with Crippen LogP contribution in [0.4, 0.5) is 4.79 Å². The summed E-state index contributed by atoms with van der Waals surface area (Å²) in [5, 5.41) is 17.5. The number of carboxylic acids is 1. The molecule has 0 bridgehead atoms. The highest BCUT2D eigenvalue weighted by molar-refractivity contribution is 5.93. The maximum absolute atomic E-state index is 13.6. The monoisotopic (exact) mass is 593 g/mol. The van der Waals surface area contributed by atoms with Crippen molar-refractivity contribution >= 4 is 29.8 Å². The van der Waals surface area contributed by atoms with E-state index in [-0.39, 0.29) is 25.6 Å². The minimum absolute atomic E-state index is 0.0309. The standard InChI is InChI=1S/C32H39N3O8/c1-4-42-26(36)16-10-15-25(33-32(41)43-19-21-11-6-5-7-12-21)29(37)35-28(30(38)34-27(20(2)3)31(39)40)24-17-22-13-8-9-14-23(22)18-24/h5-14,16,20,24-25,27-28H,4,15,17-19H2,1-3H3,(H,33,41)(H,34,38)(H,35,37)(H,39,40). The quantitative estimate of drug-likeness (QED) is 0.192. The van der Waals surface area contributed by atoms with Crippen LogP contribution in [0.15, 0.2) is 66.7 Å². The van der Waals surface area contributed by atoms with Gasteiger partial charge >= 0.3 is 18.0 Å².